The van der Waals surface area contributed by atoms with Crippen LogP contribution in [0.5, 0.6) is 0 Å². The third-order valence-corrected chi connectivity index (χ3v) is 7.55. The van der Waals surface area contributed by atoms with Crippen LogP contribution < -0.4 is 4.57 Å². The van der Waals surface area contributed by atoms with Crippen molar-refractivity contribution in [3.8, 4) is 16.9 Å². The lowest BCUT2D eigenvalue weighted by atomic mass is 9.97. The lowest BCUT2D eigenvalue weighted by Crippen LogP contribution is -2.30. The second-order valence-electron chi connectivity index (χ2n) is 9.51. The number of aryl methyl sites for hydroxylation is 3. The molecule has 0 unspecified atom stereocenters. The van der Waals surface area contributed by atoms with Gasteiger partial charge < -0.3 is 9.13 Å². The number of benzene rings is 4. The third-order valence-electron chi connectivity index (χ3n) is 7.55. The van der Waals surface area contributed by atoms with Crippen molar-refractivity contribution in [2.45, 2.75) is 6.92 Å². The highest BCUT2D eigenvalue weighted by Gasteiger charge is 2.20. The summed E-state index contributed by atoms with van der Waals surface area (Å²) in [6.45, 7) is 2.24. The Labute approximate surface area is 204 Å². The van der Waals surface area contributed by atoms with Gasteiger partial charge in [0.25, 0.3) is 0 Å². The van der Waals surface area contributed by atoms with E-state index >= 15 is 0 Å². The average molecular weight is 453 g/mol. The van der Waals surface area contributed by atoms with E-state index < -0.39 is 0 Å². The normalized spacial score (nSPS) is 11.9. The molecule has 0 aliphatic heterocycles. The summed E-state index contributed by atoms with van der Waals surface area (Å²) in [5.74, 6) is 0. The zero-order chi connectivity index (χ0) is 23.7. The monoisotopic (exact) mass is 452 g/mol. The molecule has 7 rings (SSSR count). The zero-order valence-corrected chi connectivity index (χ0v) is 20.2. The summed E-state index contributed by atoms with van der Waals surface area (Å²) in [7, 11) is 4.25. The minimum absolute atomic E-state index is 1.19. The Morgan fingerprint density at radius 3 is 2.11 bits per heavy atom. The number of aromatic nitrogens is 3. The molecule has 3 aromatic heterocycles. The highest BCUT2D eigenvalue weighted by molar-refractivity contribution is 6.09. The van der Waals surface area contributed by atoms with Crippen molar-refractivity contribution in [2.24, 2.45) is 14.1 Å². The summed E-state index contributed by atoms with van der Waals surface area (Å²) in [6, 6.07) is 33.2. The minimum atomic E-state index is 1.19. The molecule has 0 bridgehead atoms. The molecular formula is C32H26N3+. The van der Waals surface area contributed by atoms with Gasteiger partial charge in [0.15, 0.2) is 6.20 Å². The maximum absolute atomic E-state index is 2.39. The molecule has 3 heteroatoms. The number of fused-ring (bicyclic) bond motifs is 5. The zero-order valence-electron chi connectivity index (χ0n) is 20.2. The van der Waals surface area contributed by atoms with Gasteiger partial charge in [-0.3, -0.25) is 0 Å². The molecule has 0 atom stereocenters. The number of nitrogens with zero attached hydrogens (tertiary/aromatic N) is 3. The average Bonchev–Trinajstić information content (AvgIpc) is 3.43. The topological polar surface area (TPSA) is 13.7 Å². The Balaban J connectivity index is 1.49. The third kappa shape index (κ3) is 2.82. The Morgan fingerprint density at radius 2 is 1.37 bits per heavy atom. The number of pyridine rings is 1. The maximum Gasteiger partial charge on any atom is 0.220 e. The van der Waals surface area contributed by atoms with E-state index in [1.807, 2.05) is 0 Å². The summed E-state index contributed by atoms with van der Waals surface area (Å²) < 4.78 is 6.82. The van der Waals surface area contributed by atoms with Crippen molar-refractivity contribution < 1.29 is 4.57 Å². The predicted molar refractivity (Wildman–Crippen MR) is 146 cm³/mol. The Morgan fingerprint density at radius 1 is 0.657 bits per heavy atom. The van der Waals surface area contributed by atoms with Gasteiger partial charge in [-0.25, -0.2) is 4.57 Å². The van der Waals surface area contributed by atoms with E-state index in [9.17, 15) is 0 Å². The van der Waals surface area contributed by atoms with Crippen LogP contribution in [0.1, 0.15) is 5.56 Å². The minimum Gasteiger partial charge on any atom is -0.351 e. The molecule has 0 saturated carbocycles. The van der Waals surface area contributed by atoms with Crippen LogP contribution in [0.3, 0.4) is 0 Å². The first-order valence-electron chi connectivity index (χ1n) is 12.1. The van der Waals surface area contributed by atoms with Gasteiger partial charge in [0, 0.05) is 46.7 Å². The van der Waals surface area contributed by atoms with E-state index in [4.69, 9.17) is 0 Å². The summed E-state index contributed by atoms with van der Waals surface area (Å²) in [6.07, 6.45) is 4.32. The van der Waals surface area contributed by atoms with Gasteiger partial charge in [0.05, 0.1) is 22.0 Å². The maximum atomic E-state index is 2.39. The Bertz CT molecular complexity index is 1880. The van der Waals surface area contributed by atoms with Crippen LogP contribution in [0.25, 0.3) is 60.4 Å². The van der Waals surface area contributed by atoms with E-state index in [0.717, 1.165) is 0 Å². The summed E-state index contributed by atoms with van der Waals surface area (Å²) in [5, 5.41) is 6.39. The number of hydrogen-bond acceptors (Lipinski definition) is 0. The molecule has 3 nitrogen and oxygen atoms in total. The summed E-state index contributed by atoms with van der Waals surface area (Å²) in [5.41, 5.74) is 8.77. The molecule has 0 spiro atoms. The van der Waals surface area contributed by atoms with Crippen molar-refractivity contribution in [1.29, 1.82) is 0 Å². The Hall–Kier alpha value is -4.37. The molecule has 0 amide bonds. The van der Waals surface area contributed by atoms with E-state index in [0.29, 0.717) is 0 Å². The largest absolute Gasteiger partial charge is 0.351 e. The van der Waals surface area contributed by atoms with Crippen molar-refractivity contribution in [3.63, 3.8) is 0 Å². The van der Waals surface area contributed by atoms with Crippen LogP contribution in [0, 0.1) is 6.92 Å². The van der Waals surface area contributed by atoms with Gasteiger partial charge in [-0.05, 0) is 66.4 Å². The van der Waals surface area contributed by atoms with E-state index in [2.05, 4.69) is 138 Å². The predicted octanol–water partition coefficient (Wildman–Crippen LogP) is 7.23. The lowest BCUT2D eigenvalue weighted by Gasteiger charge is -2.12. The van der Waals surface area contributed by atoms with E-state index in [1.54, 1.807) is 0 Å². The highest BCUT2D eigenvalue weighted by atomic mass is 15.0. The second-order valence-corrected chi connectivity index (χ2v) is 9.51. The van der Waals surface area contributed by atoms with Crippen LogP contribution in [0.2, 0.25) is 0 Å². The molecule has 7 aromatic rings. The standard InChI is InChI=1S/C32H26N3/c1-21-24-17-19-33(2)29(24)15-14-25(21)32-26-13-12-23(20-22(26)16-18-34(32)3)35-30-10-6-4-8-27(30)28-9-5-7-11-31(28)35/h4-20H,1-3H3/q+1. The number of para-hydroxylation sites is 2. The first-order valence-corrected chi connectivity index (χ1v) is 12.1. The van der Waals surface area contributed by atoms with Gasteiger partial charge in [0.2, 0.25) is 5.69 Å². The van der Waals surface area contributed by atoms with Crippen LogP contribution in [-0.4, -0.2) is 9.13 Å². The molecule has 0 N–H and O–H groups in total. The quantitative estimate of drug-likeness (QED) is 0.246. The van der Waals surface area contributed by atoms with Crippen LogP contribution >= 0.6 is 0 Å². The fourth-order valence-corrected chi connectivity index (χ4v) is 5.79. The molecule has 0 aliphatic rings. The highest BCUT2D eigenvalue weighted by Crippen LogP contribution is 2.35. The fourth-order valence-electron chi connectivity index (χ4n) is 5.79. The second kappa shape index (κ2) is 7.31. The van der Waals surface area contributed by atoms with Crippen molar-refractivity contribution in [1.82, 2.24) is 9.13 Å². The van der Waals surface area contributed by atoms with E-state index in [1.165, 1.54) is 66.0 Å². The number of rotatable bonds is 2. The van der Waals surface area contributed by atoms with Gasteiger partial charge in [-0.15, -0.1) is 0 Å². The van der Waals surface area contributed by atoms with Crippen molar-refractivity contribution in [2.75, 3.05) is 0 Å². The molecule has 0 radical (unpaired) electrons. The SMILES string of the molecule is Cc1c(-c2c3ccc(-n4c5ccccc5c5ccccc54)cc3cc[n+]2C)ccc2c1ccn2C. The molecule has 0 fully saturated rings. The van der Waals surface area contributed by atoms with Crippen molar-refractivity contribution >= 4 is 43.5 Å². The van der Waals surface area contributed by atoms with Gasteiger partial charge in [-0.2, -0.15) is 0 Å². The molecule has 168 valence electrons. The molecule has 3 heterocycles. The van der Waals surface area contributed by atoms with Gasteiger partial charge in [-0.1, -0.05) is 36.4 Å². The molecular weight excluding hydrogens is 426 g/mol. The van der Waals surface area contributed by atoms with Gasteiger partial charge in [0.1, 0.15) is 7.05 Å². The first kappa shape index (κ1) is 20.0. The van der Waals surface area contributed by atoms with E-state index in [-0.39, 0.29) is 0 Å². The molecule has 35 heavy (non-hydrogen) atoms. The smallest absolute Gasteiger partial charge is 0.220 e. The van der Waals surface area contributed by atoms with Crippen LogP contribution in [0.15, 0.2) is 103 Å². The Kier molecular flexibility index (Phi) is 4.19. The summed E-state index contributed by atoms with van der Waals surface area (Å²) >= 11 is 0. The molecule has 0 saturated heterocycles. The molecule has 4 aromatic carbocycles. The lowest BCUT2D eigenvalue weighted by molar-refractivity contribution is -0.659. The summed E-state index contributed by atoms with van der Waals surface area (Å²) in [4.78, 5) is 0. The molecule has 0 aliphatic carbocycles. The fraction of sp³-hybridized carbons (Fsp3) is 0.0938. The van der Waals surface area contributed by atoms with Gasteiger partial charge >= 0.3 is 0 Å². The number of hydrogen-bond donors (Lipinski definition) is 0. The van der Waals surface area contributed by atoms with Crippen LogP contribution in [-0.2, 0) is 14.1 Å². The van der Waals surface area contributed by atoms with Crippen molar-refractivity contribution in [3.05, 3.63) is 109 Å². The first-order chi connectivity index (χ1) is 17.1. The van der Waals surface area contributed by atoms with Crippen LogP contribution in [0.4, 0.5) is 0 Å².